The molecule has 2 aromatic rings. The number of pyridine rings is 1. The lowest BCUT2D eigenvalue weighted by molar-refractivity contribution is -0.385. The van der Waals surface area contributed by atoms with Crippen molar-refractivity contribution in [1.29, 1.82) is 0 Å². The molecule has 0 aliphatic heterocycles. The number of benzene rings is 1. The van der Waals surface area contributed by atoms with Crippen molar-refractivity contribution in [3.05, 3.63) is 57.2 Å². The van der Waals surface area contributed by atoms with Crippen LogP contribution in [0.5, 0.6) is 11.6 Å². The van der Waals surface area contributed by atoms with Gasteiger partial charge >= 0.3 is 5.69 Å². The summed E-state index contributed by atoms with van der Waals surface area (Å²) in [4.78, 5) is 24.9. The lowest BCUT2D eigenvalue weighted by atomic mass is 10.3. The van der Waals surface area contributed by atoms with Gasteiger partial charge in [-0.2, -0.15) is 0 Å². The van der Waals surface area contributed by atoms with Gasteiger partial charge in [0.15, 0.2) is 6.29 Å². The number of carbonyl (C=O) groups is 1. The van der Waals surface area contributed by atoms with Crippen molar-refractivity contribution in [2.75, 3.05) is 0 Å². The number of halogens is 1. The van der Waals surface area contributed by atoms with Crippen molar-refractivity contribution in [2.45, 2.75) is 0 Å². The predicted octanol–water partition coefficient (Wildman–Crippen LogP) is 3.25. The van der Waals surface area contributed by atoms with Crippen molar-refractivity contribution in [3.8, 4) is 11.6 Å². The number of aromatic nitrogens is 1. The van der Waals surface area contributed by atoms with Crippen molar-refractivity contribution in [3.63, 3.8) is 0 Å². The Kier molecular flexibility index (Phi) is 3.72. The molecule has 0 fully saturated rings. The fourth-order valence-electron chi connectivity index (χ4n) is 1.40. The second-order valence-corrected chi connectivity index (χ2v) is 3.92. The van der Waals surface area contributed by atoms with Crippen LogP contribution in [0.15, 0.2) is 36.5 Å². The number of hydrogen-bond acceptors (Lipinski definition) is 5. The van der Waals surface area contributed by atoms with E-state index in [0.29, 0.717) is 6.29 Å². The van der Waals surface area contributed by atoms with Crippen LogP contribution in [0, 0.1) is 10.1 Å². The third-order valence-corrected chi connectivity index (χ3v) is 2.49. The van der Waals surface area contributed by atoms with E-state index in [9.17, 15) is 14.9 Å². The topological polar surface area (TPSA) is 82.3 Å². The average molecular weight is 279 g/mol. The van der Waals surface area contributed by atoms with E-state index in [1.807, 2.05) is 0 Å². The molecule has 0 radical (unpaired) electrons. The highest BCUT2D eigenvalue weighted by Gasteiger charge is 2.17. The van der Waals surface area contributed by atoms with E-state index in [-0.39, 0.29) is 27.9 Å². The molecule has 6 nitrogen and oxygen atoms in total. The van der Waals surface area contributed by atoms with Crippen molar-refractivity contribution >= 4 is 23.6 Å². The van der Waals surface area contributed by atoms with Crippen LogP contribution >= 0.6 is 11.6 Å². The summed E-state index contributed by atoms with van der Waals surface area (Å²) in [7, 11) is 0. The van der Waals surface area contributed by atoms with Gasteiger partial charge in [0.05, 0.1) is 10.5 Å². The van der Waals surface area contributed by atoms with Gasteiger partial charge in [0.1, 0.15) is 0 Å². The first kappa shape index (κ1) is 13.0. The molecular weight excluding hydrogens is 272 g/mol. The zero-order valence-electron chi connectivity index (χ0n) is 9.45. The Morgan fingerprint density at radius 1 is 1.37 bits per heavy atom. The largest absolute Gasteiger partial charge is 0.431 e. The van der Waals surface area contributed by atoms with Gasteiger partial charge in [-0.3, -0.25) is 14.9 Å². The number of nitrogens with zero attached hydrogens (tertiary/aromatic N) is 2. The predicted molar refractivity (Wildman–Crippen MR) is 67.8 cm³/mol. The Labute approximate surface area is 112 Å². The molecule has 7 heteroatoms. The molecule has 2 rings (SSSR count). The van der Waals surface area contributed by atoms with Gasteiger partial charge < -0.3 is 4.74 Å². The molecule has 0 spiro atoms. The molecule has 0 bridgehead atoms. The maximum Gasteiger partial charge on any atom is 0.311 e. The second-order valence-electron chi connectivity index (χ2n) is 3.49. The highest BCUT2D eigenvalue weighted by Crippen LogP contribution is 2.33. The van der Waals surface area contributed by atoms with E-state index in [1.165, 1.54) is 30.5 Å². The SMILES string of the molecule is O=Cc1cccnc1Oc1cc(Cl)ccc1[N+](=O)[O-]. The molecule has 1 heterocycles. The van der Waals surface area contributed by atoms with Crippen LogP contribution in [-0.4, -0.2) is 16.2 Å². The summed E-state index contributed by atoms with van der Waals surface area (Å²) in [5, 5.41) is 11.2. The molecule has 96 valence electrons. The monoisotopic (exact) mass is 278 g/mol. The number of aldehydes is 1. The lowest BCUT2D eigenvalue weighted by Gasteiger charge is -2.07. The highest BCUT2D eigenvalue weighted by atomic mass is 35.5. The number of hydrogen-bond donors (Lipinski definition) is 0. The minimum atomic E-state index is -0.602. The molecular formula is C12H7ClN2O4. The molecule has 0 aliphatic rings. The Balaban J connectivity index is 2.45. The summed E-state index contributed by atoms with van der Waals surface area (Å²) in [5.74, 6) is -0.0813. The minimum Gasteiger partial charge on any atom is -0.431 e. The first-order valence-electron chi connectivity index (χ1n) is 5.14. The second kappa shape index (κ2) is 5.45. The van der Waals surface area contributed by atoms with Gasteiger partial charge in [-0.05, 0) is 18.2 Å². The molecule has 1 aromatic heterocycles. The van der Waals surface area contributed by atoms with Crippen LogP contribution in [0.1, 0.15) is 10.4 Å². The molecule has 0 atom stereocenters. The molecule has 0 saturated carbocycles. The van der Waals surface area contributed by atoms with Gasteiger partial charge in [-0.25, -0.2) is 4.98 Å². The first-order valence-corrected chi connectivity index (χ1v) is 5.51. The van der Waals surface area contributed by atoms with Gasteiger partial charge in [0.25, 0.3) is 0 Å². The van der Waals surface area contributed by atoms with Crippen molar-refractivity contribution < 1.29 is 14.5 Å². The lowest BCUT2D eigenvalue weighted by Crippen LogP contribution is -1.97. The quantitative estimate of drug-likeness (QED) is 0.487. The average Bonchev–Trinajstić information content (AvgIpc) is 2.39. The smallest absolute Gasteiger partial charge is 0.311 e. The van der Waals surface area contributed by atoms with Crippen LogP contribution in [0.4, 0.5) is 5.69 Å². The van der Waals surface area contributed by atoms with E-state index in [2.05, 4.69) is 4.98 Å². The number of carbonyl (C=O) groups excluding carboxylic acids is 1. The Hall–Kier alpha value is -2.47. The molecule has 19 heavy (non-hydrogen) atoms. The zero-order chi connectivity index (χ0) is 13.8. The first-order chi connectivity index (χ1) is 9.11. The third kappa shape index (κ3) is 2.86. The highest BCUT2D eigenvalue weighted by molar-refractivity contribution is 6.30. The van der Waals surface area contributed by atoms with Crippen LogP contribution in [0.3, 0.4) is 0 Å². The van der Waals surface area contributed by atoms with Crippen LogP contribution in [0.25, 0.3) is 0 Å². The number of nitro groups is 1. The number of nitro benzene ring substituents is 1. The summed E-state index contributed by atoms with van der Waals surface area (Å²) < 4.78 is 5.31. The fourth-order valence-corrected chi connectivity index (χ4v) is 1.57. The Bertz CT molecular complexity index is 645. The van der Waals surface area contributed by atoms with Gasteiger partial charge in [0.2, 0.25) is 11.6 Å². The van der Waals surface area contributed by atoms with Crippen LogP contribution < -0.4 is 4.74 Å². The van der Waals surface area contributed by atoms with Gasteiger partial charge in [-0.1, -0.05) is 11.6 Å². The van der Waals surface area contributed by atoms with Crippen LogP contribution in [0.2, 0.25) is 5.02 Å². The number of ether oxygens (including phenoxy) is 1. The normalized spacial score (nSPS) is 9.95. The fraction of sp³-hybridized carbons (Fsp3) is 0. The third-order valence-electron chi connectivity index (χ3n) is 2.25. The summed E-state index contributed by atoms with van der Waals surface area (Å²) in [5.41, 5.74) is -0.0660. The maximum absolute atomic E-state index is 10.9. The van der Waals surface area contributed by atoms with E-state index in [4.69, 9.17) is 16.3 Å². The van der Waals surface area contributed by atoms with Crippen LogP contribution in [-0.2, 0) is 0 Å². The summed E-state index contributed by atoms with van der Waals surface area (Å²) in [6.07, 6.45) is 1.97. The molecule has 1 aromatic carbocycles. The van der Waals surface area contributed by atoms with E-state index >= 15 is 0 Å². The Morgan fingerprint density at radius 3 is 2.84 bits per heavy atom. The zero-order valence-corrected chi connectivity index (χ0v) is 10.2. The maximum atomic E-state index is 10.9. The van der Waals surface area contributed by atoms with Gasteiger partial charge in [-0.15, -0.1) is 0 Å². The van der Waals surface area contributed by atoms with Crippen molar-refractivity contribution in [2.24, 2.45) is 0 Å². The summed E-state index contributed by atoms with van der Waals surface area (Å²) >= 11 is 5.77. The Morgan fingerprint density at radius 2 is 2.16 bits per heavy atom. The van der Waals surface area contributed by atoms with E-state index < -0.39 is 4.92 Å². The molecule has 0 aliphatic carbocycles. The summed E-state index contributed by atoms with van der Waals surface area (Å²) in [6.45, 7) is 0. The van der Waals surface area contributed by atoms with Gasteiger partial charge in [0, 0.05) is 23.4 Å². The molecule has 0 amide bonds. The molecule has 0 unspecified atom stereocenters. The molecule has 0 saturated heterocycles. The van der Waals surface area contributed by atoms with E-state index in [0.717, 1.165) is 0 Å². The number of rotatable bonds is 4. The standard InChI is InChI=1S/C12H7ClN2O4/c13-9-3-4-10(15(17)18)11(6-9)19-12-8(7-16)2-1-5-14-12/h1-7H. The van der Waals surface area contributed by atoms with E-state index in [1.54, 1.807) is 6.07 Å². The summed E-state index contributed by atoms with van der Waals surface area (Å²) in [6, 6.07) is 6.95. The molecule has 0 N–H and O–H groups in total. The van der Waals surface area contributed by atoms with Crippen molar-refractivity contribution in [1.82, 2.24) is 4.98 Å². The minimum absolute atomic E-state index is 0.0112.